The summed E-state index contributed by atoms with van der Waals surface area (Å²) in [5.74, 6) is -0.191. The third-order valence-electron chi connectivity index (χ3n) is 2.15. The maximum atomic E-state index is 12.1. The Balaban J connectivity index is 2.31. The van der Waals surface area contributed by atoms with Crippen LogP contribution in [0.25, 0.3) is 0 Å². The van der Waals surface area contributed by atoms with Gasteiger partial charge in [0.05, 0.1) is 5.56 Å². The number of nitrogens with one attached hydrogen (secondary N) is 1. The summed E-state index contributed by atoms with van der Waals surface area (Å²) in [6.07, 6.45) is 1.22. The fraction of sp³-hybridized carbons (Fsp3) is 0. The van der Waals surface area contributed by atoms with Crippen LogP contribution in [0.4, 0.5) is 5.82 Å². The van der Waals surface area contributed by atoms with Crippen LogP contribution in [0.15, 0.2) is 33.5 Å². The first-order valence-corrected chi connectivity index (χ1v) is 7.25. The number of carbonyl (C=O) groups excluding carboxylic acids is 1. The summed E-state index contributed by atoms with van der Waals surface area (Å²) in [4.78, 5) is 19.7. The van der Waals surface area contributed by atoms with Crippen LogP contribution >= 0.6 is 55.1 Å². The first-order chi connectivity index (χ1) is 8.99. The van der Waals surface area contributed by atoms with Gasteiger partial charge in [-0.25, -0.2) is 9.97 Å². The number of hydrogen-bond acceptors (Lipinski definition) is 3. The third-order valence-corrected chi connectivity index (χ3v) is 4.08. The van der Waals surface area contributed by atoms with E-state index in [1.165, 1.54) is 6.33 Å². The van der Waals surface area contributed by atoms with Gasteiger partial charge < -0.3 is 5.32 Å². The van der Waals surface area contributed by atoms with Crippen molar-refractivity contribution in [2.75, 3.05) is 5.32 Å². The van der Waals surface area contributed by atoms with Crippen molar-refractivity contribution in [3.05, 3.63) is 49.2 Å². The monoisotopic (exact) mass is 423 g/mol. The van der Waals surface area contributed by atoms with Crippen LogP contribution < -0.4 is 5.32 Å². The van der Waals surface area contributed by atoms with E-state index in [1.54, 1.807) is 12.1 Å². The molecule has 0 atom stereocenters. The molecule has 8 heteroatoms. The number of nitrogens with zero attached hydrogens (tertiary/aromatic N) is 2. The van der Waals surface area contributed by atoms with Gasteiger partial charge in [0, 0.05) is 8.95 Å². The molecule has 0 bridgehead atoms. The Hall–Kier alpha value is -0.690. The van der Waals surface area contributed by atoms with Gasteiger partial charge in [0.15, 0.2) is 11.0 Å². The Morgan fingerprint density at radius 2 is 1.95 bits per heavy atom. The van der Waals surface area contributed by atoms with Crippen LogP contribution in [-0.4, -0.2) is 15.9 Å². The van der Waals surface area contributed by atoms with E-state index < -0.39 is 0 Å². The molecule has 0 aliphatic heterocycles. The first kappa shape index (κ1) is 14.7. The summed E-state index contributed by atoms with van der Waals surface area (Å²) in [7, 11) is 0. The van der Waals surface area contributed by atoms with Crippen LogP contribution in [0.5, 0.6) is 0 Å². The molecule has 98 valence electrons. The molecule has 1 amide bonds. The van der Waals surface area contributed by atoms with Crippen LogP contribution in [0.3, 0.4) is 0 Å². The maximum absolute atomic E-state index is 12.1. The summed E-state index contributed by atoms with van der Waals surface area (Å²) in [6.45, 7) is 0. The lowest BCUT2D eigenvalue weighted by molar-refractivity contribution is 0.102. The molecule has 1 heterocycles. The van der Waals surface area contributed by atoms with Gasteiger partial charge in [-0.15, -0.1) is 0 Å². The van der Waals surface area contributed by atoms with Crippen molar-refractivity contribution in [1.29, 1.82) is 0 Å². The van der Waals surface area contributed by atoms with Gasteiger partial charge in [0.2, 0.25) is 0 Å². The quantitative estimate of drug-likeness (QED) is 0.717. The summed E-state index contributed by atoms with van der Waals surface area (Å²) in [5, 5.41) is 2.76. The van der Waals surface area contributed by atoms with E-state index in [4.69, 9.17) is 23.2 Å². The number of aromatic nitrogens is 2. The van der Waals surface area contributed by atoms with Crippen molar-refractivity contribution in [1.82, 2.24) is 9.97 Å². The highest BCUT2D eigenvalue weighted by Gasteiger charge is 2.14. The second-order valence-electron chi connectivity index (χ2n) is 3.41. The minimum atomic E-state index is -0.357. The number of carbonyl (C=O) groups is 1. The first-order valence-electron chi connectivity index (χ1n) is 4.91. The van der Waals surface area contributed by atoms with Crippen molar-refractivity contribution in [2.24, 2.45) is 0 Å². The van der Waals surface area contributed by atoms with Crippen LogP contribution in [0, 0.1) is 0 Å². The molecule has 0 unspecified atom stereocenters. The summed E-state index contributed by atoms with van der Waals surface area (Å²) in [6, 6.07) is 5.25. The van der Waals surface area contributed by atoms with Gasteiger partial charge in [-0.05, 0) is 34.1 Å². The summed E-state index contributed by atoms with van der Waals surface area (Å²) >= 11 is 18.3. The second kappa shape index (κ2) is 6.17. The zero-order valence-electron chi connectivity index (χ0n) is 9.12. The molecule has 2 aromatic rings. The predicted octanol–water partition coefficient (Wildman–Crippen LogP) is 4.56. The molecule has 1 N–H and O–H groups in total. The molecular formula is C11H5Br2Cl2N3O. The zero-order valence-corrected chi connectivity index (χ0v) is 13.8. The van der Waals surface area contributed by atoms with Crippen LogP contribution in [-0.2, 0) is 0 Å². The van der Waals surface area contributed by atoms with Crippen molar-refractivity contribution < 1.29 is 4.79 Å². The SMILES string of the molecule is O=C(Nc1ncnc(Cl)c1Cl)c1cc(Br)ccc1Br. The number of anilines is 1. The largest absolute Gasteiger partial charge is 0.305 e. The van der Waals surface area contributed by atoms with E-state index in [2.05, 4.69) is 47.1 Å². The highest BCUT2D eigenvalue weighted by Crippen LogP contribution is 2.27. The van der Waals surface area contributed by atoms with E-state index in [9.17, 15) is 4.79 Å². The minimum absolute atomic E-state index is 0.0836. The highest BCUT2D eigenvalue weighted by atomic mass is 79.9. The second-order valence-corrected chi connectivity index (χ2v) is 5.91. The fourth-order valence-corrected chi connectivity index (χ4v) is 2.35. The normalized spacial score (nSPS) is 10.3. The average Bonchev–Trinajstić information content (AvgIpc) is 2.38. The molecule has 4 nitrogen and oxygen atoms in total. The highest BCUT2D eigenvalue weighted by molar-refractivity contribution is 9.11. The molecular weight excluding hydrogens is 421 g/mol. The molecule has 0 fully saturated rings. The Kier molecular flexibility index (Phi) is 4.78. The standard InChI is InChI=1S/C11H5Br2Cl2N3O/c12-5-1-2-7(13)6(3-5)11(19)18-10-8(14)9(15)16-4-17-10/h1-4H,(H,16,17,18,19). The Bertz CT molecular complexity index is 652. The molecule has 2 rings (SSSR count). The van der Waals surface area contributed by atoms with Gasteiger partial charge in [0.25, 0.3) is 5.91 Å². The number of rotatable bonds is 2. The number of benzene rings is 1. The van der Waals surface area contributed by atoms with Gasteiger partial charge in [0.1, 0.15) is 11.3 Å². The third kappa shape index (κ3) is 3.45. The molecule has 0 saturated carbocycles. The number of halogens is 4. The lowest BCUT2D eigenvalue weighted by Gasteiger charge is -2.08. The number of hydrogen-bond donors (Lipinski definition) is 1. The van der Waals surface area contributed by atoms with E-state index in [0.717, 1.165) is 4.47 Å². The van der Waals surface area contributed by atoms with Crippen molar-refractivity contribution >= 4 is 66.8 Å². The minimum Gasteiger partial charge on any atom is -0.305 e. The maximum Gasteiger partial charge on any atom is 0.258 e. The molecule has 1 aromatic carbocycles. The van der Waals surface area contributed by atoms with Gasteiger partial charge in [-0.3, -0.25) is 4.79 Å². The lowest BCUT2D eigenvalue weighted by atomic mass is 10.2. The Morgan fingerprint density at radius 1 is 1.21 bits per heavy atom. The molecule has 0 spiro atoms. The van der Waals surface area contributed by atoms with Gasteiger partial charge in [-0.1, -0.05) is 39.1 Å². The average molecular weight is 426 g/mol. The lowest BCUT2D eigenvalue weighted by Crippen LogP contribution is -2.14. The van der Waals surface area contributed by atoms with E-state index in [1.807, 2.05) is 6.07 Å². The summed E-state index contributed by atoms with van der Waals surface area (Å²) in [5.41, 5.74) is 0.445. The molecule has 1 aromatic heterocycles. The van der Waals surface area contributed by atoms with E-state index >= 15 is 0 Å². The molecule has 0 aliphatic carbocycles. The Labute approximate surface area is 135 Å². The molecule has 0 saturated heterocycles. The van der Waals surface area contributed by atoms with E-state index in [0.29, 0.717) is 10.0 Å². The number of amides is 1. The fourth-order valence-electron chi connectivity index (χ4n) is 1.28. The van der Waals surface area contributed by atoms with Crippen molar-refractivity contribution in [2.45, 2.75) is 0 Å². The van der Waals surface area contributed by atoms with Gasteiger partial charge >= 0.3 is 0 Å². The van der Waals surface area contributed by atoms with Gasteiger partial charge in [-0.2, -0.15) is 0 Å². The smallest absolute Gasteiger partial charge is 0.258 e. The van der Waals surface area contributed by atoms with Crippen molar-refractivity contribution in [3.8, 4) is 0 Å². The molecule has 0 aliphatic rings. The Morgan fingerprint density at radius 3 is 2.68 bits per heavy atom. The van der Waals surface area contributed by atoms with Crippen molar-refractivity contribution in [3.63, 3.8) is 0 Å². The summed E-state index contributed by atoms with van der Waals surface area (Å²) < 4.78 is 1.44. The van der Waals surface area contributed by atoms with E-state index in [-0.39, 0.29) is 21.9 Å². The van der Waals surface area contributed by atoms with Crippen LogP contribution in [0.1, 0.15) is 10.4 Å². The topological polar surface area (TPSA) is 54.9 Å². The molecule has 0 radical (unpaired) electrons. The molecule has 19 heavy (non-hydrogen) atoms. The zero-order chi connectivity index (χ0) is 14.0. The predicted molar refractivity (Wildman–Crippen MR) is 81.8 cm³/mol. The van der Waals surface area contributed by atoms with Crippen LogP contribution in [0.2, 0.25) is 10.2 Å².